The molecule has 0 saturated carbocycles. The van der Waals surface area contributed by atoms with Crippen LogP contribution in [0, 0.1) is 0 Å². The topological polar surface area (TPSA) is 22.4 Å². The molecule has 49 heavy (non-hydrogen) atoms. The largest absolute Gasteiger partial charge is 0.456 e. The van der Waals surface area contributed by atoms with Gasteiger partial charge in [0.15, 0.2) is 0 Å². The minimum absolute atomic E-state index is 0.190. The third-order valence-corrected chi connectivity index (χ3v) is 11.0. The number of hydrogen-bond acceptors (Lipinski definition) is 2. The quantitative estimate of drug-likeness (QED) is 0.190. The predicted octanol–water partition coefficient (Wildman–Crippen LogP) is 13.3. The van der Waals surface area contributed by atoms with Gasteiger partial charge in [-0.15, -0.1) is 0 Å². The molecule has 2 nitrogen and oxygen atoms in total. The van der Waals surface area contributed by atoms with Crippen molar-refractivity contribution in [1.29, 1.82) is 0 Å². The minimum atomic E-state index is -0.190. The molecule has 1 aliphatic heterocycles. The molecule has 1 aromatic heterocycles. The zero-order valence-corrected chi connectivity index (χ0v) is 27.2. The van der Waals surface area contributed by atoms with Gasteiger partial charge in [-0.2, -0.15) is 0 Å². The van der Waals surface area contributed by atoms with Crippen LogP contribution >= 0.6 is 0 Å². The van der Waals surface area contributed by atoms with Crippen molar-refractivity contribution >= 4 is 43.5 Å². The Hall–Kier alpha value is -6.12. The molecule has 0 spiro atoms. The molecule has 9 aromatic rings. The number of para-hydroxylation sites is 1. The van der Waals surface area contributed by atoms with E-state index in [-0.39, 0.29) is 5.41 Å². The van der Waals surface area contributed by atoms with Crippen LogP contribution in [0.15, 0.2) is 150 Å². The first kappa shape index (κ1) is 26.9. The van der Waals surface area contributed by atoms with E-state index in [0.717, 1.165) is 44.6 Å². The molecular formula is C47H30O2. The van der Waals surface area contributed by atoms with E-state index in [9.17, 15) is 0 Å². The second-order valence-electron chi connectivity index (χ2n) is 14.1. The van der Waals surface area contributed by atoms with Gasteiger partial charge in [-0.25, -0.2) is 0 Å². The lowest BCUT2D eigenvalue weighted by molar-refractivity contribution is 0.487. The van der Waals surface area contributed by atoms with Crippen LogP contribution in [0.1, 0.15) is 25.0 Å². The van der Waals surface area contributed by atoms with Crippen molar-refractivity contribution < 1.29 is 9.15 Å². The fourth-order valence-electron chi connectivity index (χ4n) is 8.57. The van der Waals surface area contributed by atoms with Gasteiger partial charge in [-0.1, -0.05) is 98.8 Å². The molecule has 230 valence electrons. The average molecular weight is 627 g/mol. The highest BCUT2D eigenvalue weighted by atomic mass is 16.5. The summed E-state index contributed by atoms with van der Waals surface area (Å²) in [5.41, 5.74) is 14.0. The molecular weight excluding hydrogens is 597 g/mol. The molecule has 0 N–H and O–H groups in total. The van der Waals surface area contributed by atoms with Gasteiger partial charge in [-0.05, 0) is 127 Å². The minimum Gasteiger partial charge on any atom is -0.456 e. The van der Waals surface area contributed by atoms with E-state index in [1.807, 2.05) is 6.07 Å². The first-order valence-corrected chi connectivity index (χ1v) is 17.0. The summed E-state index contributed by atoms with van der Waals surface area (Å²) in [6.07, 6.45) is 0. The summed E-state index contributed by atoms with van der Waals surface area (Å²) >= 11 is 0. The Morgan fingerprint density at radius 1 is 0.429 bits per heavy atom. The number of hydrogen-bond donors (Lipinski definition) is 0. The van der Waals surface area contributed by atoms with E-state index < -0.39 is 0 Å². The lowest BCUT2D eigenvalue weighted by Gasteiger charge is -2.24. The molecule has 0 fully saturated rings. The molecule has 11 rings (SSSR count). The third-order valence-electron chi connectivity index (χ3n) is 11.0. The van der Waals surface area contributed by atoms with Crippen LogP contribution in [0.4, 0.5) is 0 Å². The fraction of sp³-hybridized carbons (Fsp3) is 0.0638. The SMILES string of the molecule is CC1(C)c2cc3ccccc3cc2-c2c(-c3ccc4c(c3)oc3ccccc34)cc(-c3ccc4c(c3)-c3cccc5cccc(c35)O4)cc21. The summed E-state index contributed by atoms with van der Waals surface area (Å²) in [5.74, 6) is 1.81. The predicted molar refractivity (Wildman–Crippen MR) is 203 cm³/mol. The molecule has 0 atom stereocenters. The Kier molecular flexibility index (Phi) is 5.21. The van der Waals surface area contributed by atoms with Crippen molar-refractivity contribution in [2.24, 2.45) is 0 Å². The highest BCUT2D eigenvalue weighted by Gasteiger charge is 2.38. The van der Waals surface area contributed by atoms with Crippen LogP contribution in [-0.2, 0) is 5.41 Å². The maximum atomic E-state index is 6.48. The maximum absolute atomic E-state index is 6.48. The Bertz CT molecular complexity index is 2880. The number of ether oxygens (including phenoxy) is 1. The number of benzene rings is 8. The first-order chi connectivity index (χ1) is 24.0. The molecule has 0 radical (unpaired) electrons. The number of furan rings is 1. The van der Waals surface area contributed by atoms with Gasteiger partial charge in [0.25, 0.3) is 0 Å². The lowest BCUT2D eigenvalue weighted by atomic mass is 9.80. The summed E-state index contributed by atoms with van der Waals surface area (Å²) in [7, 11) is 0. The van der Waals surface area contributed by atoms with E-state index in [1.54, 1.807) is 0 Å². The van der Waals surface area contributed by atoms with Crippen LogP contribution in [0.5, 0.6) is 11.5 Å². The second-order valence-corrected chi connectivity index (χ2v) is 14.1. The zero-order chi connectivity index (χ0) is 32.4. The Morgan fingerprint density at radius 3 is 2.06 bits per heavy atom. The van der Waals surface area contributed by atoms with Crippen molar-refractivity contribution in [2.75, 3.05) is 0 Å². The fourth-order valence-corrected chi connectivity index (χ4v) is 8.57. The van der Waals surface area contributed by atoms with Crippen LogP contribution in [0.2, 0.25) is 0 Å². The van der Waals surface area contributed by atoms with Gasteiger partial charge in [0.2, 0.25) is 0 Å². The molecule has 1 aliphatic carbocycles. The summed E-state index contributed by atoms with van der Waals surface area (Å²) in [5, 5.41) is 7.19. The third kappa shape index (κ3) is 3.72. The highest BCUT2D eigenvalue weighted by molar-refractivity contribution is 6.08. The average Bonchev–Trinajstić information content (AvgIpc) is 3.61. The van der Waals surface area contributed by atoms with E-state index in [2.05, 4.69) is 153 Å². The molecule has 2 aliphatic rings. The lowest BCUT2D eigenvalue weighted by Crippen LogP contribution is -2.15. The second kappa shape index (κ2) is 9.49. The summed E-state index contributed by atoms with van der Waals surface area (Å²) in [6.45, 7) is 4.75. The van der Waals surface area contributed by atoms with Crippen LogP contribution in [0.25, 0.3) is 88.0 Å². The molecule has 0 bridgehead atoms. The summed E-state index contributed by atoms with van der Waals surface area (Å²) in [6, 6.07) is 52.9. The molecule has 2 heterocycles. The molecule has 2 heteroatoms. The Morgan fingerprint density at radius 2 is 1.16 bits per heavy atom. The molecule has 8 aromatic carbocycles. The van der Waals surface area contributed by atoms with Crippen molar-refractivity contribution in [3.8, 4) is 56.0 Å². The van der Waals surface area contributed by atoms with Gasteiger partial charge in [0.05, 0.1) is 0 Å². The Labute approximate surface area is 283 Å². The van der Waals surface area contributed by atoms with Crippen LogP contribution in [-0.4, -0.2) is 0 Å². The van der Waals surface area contributed by atoms with Gasteiger partial charge in [0, 0.05) is 27.1 Å². The maximum Gasteiger partial charge on any atom is 0.136 e. The summed E-state index contributed by atoms with van der Waals surface area (Å²) in [4.78, 5) is 0. The van der Waals surface area contributed by atoms with Crippen LogP contribution < -0.4 is 4.74 Å². The van der Waals surface area contributed by atoms with Crippen molar-refractivity contribution in [2.45, 2.75) is 19.3 Å². The van der Waals surface area contributed by atoms with E-state index in [0.29, 0.717) is 0 Å². The molecule has 0 saturated heterocycles. The summed E-state index contributed by atoms with van der Waals surface area (Å²) < 4.78 is 12.9. The van der Waals surface area contributed by atoms with Gasteiger partial charge in [-0.3, -0.25) is 0 Å². The van der Waals surface area contributed by atoms with Crippen molar-refractivity contribution in [3.63, 3.8) is 0 Å². The van der Waals surface area contributed by atoms with Gasteiger partial charge >= 0.3 is 0 Å². The monoisotopic (exact) mass is 626 g/mol. The normalized spacial score (nSPS) is 13.8. The smallest absolute Gasteiger partial charge is 0.136 e. The number of rotatable bonds is 2. The van der Waals surface area contributed by atoms with Crippen molar-refractivity contribution in [1.82, 2.24) is 0 Å². The van der Waals surface area contributed by atoms with Gasteiger partial charge < -0.3 is 9.15 Å². The molecule has 0 amide bonds. The van der Waals surface area contributed by atoms with Gasteiger partial charge in [0.1, 0.15) is 22.7 Å². The number of fused-ring (bicyclic) bond motifs is 9. The van der Waals surface area contributed by atoms with Crippen molar-refractivity contribution in [3.05, 3.63) is 157 Å². The van der Waals surface area contributed by atoms with E-state index in [1.165, 1.54) is 66.1 Å². The molecule has 0 unspecified atom stereocenters. The standard InChI is InChI=1S/C47H30O2/c1-47(2)39-24-29-10-4-3-9-28(29)22-38(39)46-36(31-17-19-34-33-13-5-6-15-41(33)49-44(34)26-31)23-32(25-40(46)47)30-18-20-42-37(21-30)35-14-7-11-27-12-8-16-43(48-42)45(27)35/h3-26H,1-2H3. The highest BCUT2D eigenvalue weighted by Crippen LogP contribution is 2.55. The van der Waals surface area contributed by atoms with E-state index in [4.69, 9.17) is 9.15 Å². The van der Waals surface area contributed by atoms with E-state index >= 15 is 0 Å². The zero-order valence-electron chi connectivity index (χ0n) is 27.2. The van der Waals surface area contributed by atoms with Crippen LogP contribution in [0.3, 0.4) is 0 Å². The Balaban J connectivity index is 1.18. The first-order valence-electron chi connectivity index (χ1n) is 17.0.